The second-order valence-corrected chi connectivity index (χ2v) is 4.74. The van der Waals surface area contributed by atoms with Crippen molar-refractivity contribution in [3.05, 3.63) is 58.4 Å². The summed E-state index contributed by atoms with van der Waals surface area (Å²) in [7, 11) is 0. The first-order valence-electron chi connectivity index (χ1n) is 6.28. The third-order valence-corrected chi connectivity index (χ3v) is 3.01. The summed E-state index contributed by atoms with van der Waals surface area (Å²) in [6.07, 6.45) is 3.77. The van der Waals surface area contributed by atoms with Gasteiger partial charge in [0.05, 0.1) is 5.69 Å². The Kier molecular flexibility index (Phi) is 4.96. The van der Waals surface area contributed by atoms with Crippen molar-refractivity contribution in [1.29, 1.82) is 0 Å². The summed E-state index contributed by atoms with van der Waals surface area (Å²) in [5.41, 5.74) is 1.65. The zero-order valence-corrected chi connectivity index (χ0v) is 11.9. The van der Waals surface area contributed by atoms with Gasteiger partial charge in [-0.25, -0.2) is 0 Å². The number of nitrogens with zero attached hydrogens (tertiary/aromatic N) is 1. The molecule has 0 radical (unpaired) electrons. The fourth-order valence-corrected chi connectivity index (χ4v) is 1.88. The number of hydrogen-bond donors (Lipinski definition) is 1. The molecular weight excluding hydrogens is 276 g/mol. The standard InChI is InChI=1S/C15H15ClN2O2/c1-11-10-13(20-18-11)8-9-17-15(19)7-6-12-4-2-3-5-14(12)16/h2-7,10H,8-9H2,1H3,(H,17,19). The average Bonchev–Trinajstić information content (AvgIpc) is 2.83. The molecule has 4 nitrogen and oxygen atoms in total. The van der Waals surface area contributed by atoms with Crippen LogP contribution in [0.3, 0.4) is 0 Å². The molecule has 0 atom stereocenters. The molecule has 0 fully saturated rings. The minimum absolute atomic E-state index is 0.166. The molecule has 1 heterocycles. The van der Waals surface area contributed by atoms with E-state index in [-0.39, 0.29) is 5.91 Å². The first-order valence-corrected chi connectivity index (χ1v) is 6.65. The lowest BCUT2D eigenvalue weighted by Gasteiger charge is -2.00. The maximum Gasteiger partial charge on any atom is 0.244 e. The molecule has 0 spiro atoms. The normalized spacial score (nSPS) is 10.9. The molecule has 5 heteroatoms. The number of aromatic nitrogens is 1. The molecule has 1 amide bonds. The van der Waals surface area contributed by atoms with E-state index < -0.39 is 0 Å². The van der Waals surface area contributed by atoms with E-state index in [0.29, 0.717) is 18.0 Å². The molecule has 0 saturated carbocycles. The van der Waals surface area contributed by atoms with E-state index in [0.717, 1.165) is 17.0 Å². The Morgan fingerprint density at radius 2 is 2.25 bits per heavy atom. The fourth-order valence-electron chi connectivity index (χ4n) is 1.68. The van der Waals surface area contributed by atoms with E-state index in [1.165, 1.54) is 6.08 Å². The van der Waals surface area contributed by atoms with Crippen LogP contribution >= 0.6 is 11.6 Å². The molecule has 0 aliphatic carbocycles. The molecule has 20 heavy (non-hydrogen) atoms. The topological polar surface area (TPSA) is 55.1 Å². The first-order chi connectivity index (χ1) is 9.65. The number of halogens is 1. The second-order valence-electron chi connectivity index (χ2n) is 4.33. The molecule has 2 rings (SSSR count). The number of carbonyl (C=O) groups excluding carboxylic acids is 1. The summed E-state index contributed by atoms with van der Waals surface area (Å²) in [5.74, 6) is 0.596. The van der Waals surface area contributed by atoms with Crippen molar-refractivity contribution in [3.8, 4) is 0 Å². The van der Waals surface area contributed by atoms with Crippen molar-refractivity contribution < 1.29 is 9.32 Å². The van der Waals surface area contributed by atoms with E-state index in [1.807, 2.05) is 31.2 Å². The van der Waals surface area contributed by atoms with E-state index in [4.69, 9.17) is 16.1 Å². The van der Waals surface area contributed by atoms with Crippen LogP contribution in [0.15, 0.2) is 40.9 Å². The van der Waals surface area contributed by atoms with Crippen LogP contribution in [0.1, 0.15) is 17.0 Å². The van der Waals surface area contributed by atoms with Crippen LogP contribution in [0.4, 0.5) is 0 Å². The van der Waals surface area contributed by atoms with Crippen LogP contribution < -0.4 is 5.32 Å². The van der Waals surface area contributed by atoms with Crippen molar-refractivity contribution in [3.63, 3.8) is 0 Å². The van der Waals surface area contributed by atoms with Crippen molar-refractivity contribution in [2.45, 2.75) is 13.3 Å². The van der Waals surface area contributed by atoms with Gasteiger partial charge in [-0.1, -0.05) is 35.0 Å². The Morgan fingerprint density at radius 1 is 1.45 bits per heavy atom. The molecule has 0 bridgehead atoms. The molecule has 0 aliphatic rings. The van der Waals surface area contributed by atoms with Crippen molar-refractivity contribution >= 4 is 23.6 Å². The van der Waals surface area contributed by atoms with Crippen LogP contribution in [0.25, 0.3) is 6.08 Å². The number of amides is 1. The fraction of sp³-hybridized carbons (Fsp3) is 0.200. The lowest BCUT2D eigenvalue weighted by molar-refractivity contribution is -0.116. The molecule has 0 saturated heterocycles. The van der Waals surface area contributed by atoms with Crippen LogP contribution in [-0.4, -0.2) is 17.6 Å². The minimum atomic E-state index is -0.166. The highest BCUT2D eigenvalue weighted by molar-refractivity contribution is 6.32. The average molecular weight is 291 g/mol. The Hall–Kier alpha value is -2.07. The summed E-state index contributed by atoms with van der Waals surface area (Å²) >= 11 is 5.99. The summed E-state index contributed by atoms with van der Waals surface area (Å²) in [4.78, 5) is 11.6. The maximum atomic E-state index is 11.6. The van der Waals surface area contributed by atoms with E-state index in [1.54, 1.807) is 12.1 Å². The lowest BCUT2D eigenvalue weighted by atomic mass is 10.2. The highest BCUT2D eigenvalue weighted by Crippen LogP contribution is 2.15. The Bertz CT molecular complexity index is 620. The van der Waals surface area contributed by atoms with Crippen LogP contribution in [0, 0.1) is 6.92 Å². The highest BCUT2D eigenvalue weighted by Gasteiger charge is 2.01. The molecule has 1 N–H and O–H groups in total. The summed E-state index contributed by atoms with van der Waals surface area (Å²) < 4.78 is 5.05. The summed E-state index contributed by atoms with van der Waals surface area (Å²) in [6.45, 7) is 2.36. The molecule has 1 aromatic carbocycles. The Morgan fingerprint density at radius 3 is 2.95 bits per heavy atom. The molecular formula is C15H15ClN2O2. The third kappa shape index (κ3) is 4.24. The number of nitrogens with one attached hydrogen (secondary N) is 1. The third-order valence-electron chi connectivity index (χ3n) is 2.67. The van der Waals surface area contributed by atoms with Crippen LogP contribution in [-0.2, 0) is 11.2 Å². The lowest BCUT2D eigenvalue weighted by Crippen LogP contribution is -2.23. The summed E-state index contributed by atoms with van der Waals surface area (Å²) in [6, 6.07) is 9.20. The highest BCUT2D eigenvalue weighted by atomic mass is 35.5. The van der Waals surface area contributed by atoms with Gasteiger partial charge < -0.3 is 9.84 Å². The molecule has 104 valence electrons. The van der Waals surface area contributed by atoms with Crippen molar-refractivity contribution in [1.82, 2.24) is 10.5 Å². The van der Waals surface area contributed by atoms with Gasteiger partial charge in [-0.05, 0) is 24.6 Å². The SMILES string of the molecule is Cc1cc(CCNC(=O)C=Cc2ccccc2Cl)on1. The van der Waals surface area contributed by atoms with Gasteiger partial charge in [0.2, 0.25) is 5.91 Å². The van der Waals surface area contributed by atoms with Gasteiger partial charge in [0, 0.05) is 30.1 Å². The Balaban J connectivity index is 1.79. The van der Waals surface area contributed by atoms with Gasteiger partial charge in [0.25, 0.3) is 0 Å². The number of benzene rings is 1. The largest absolute Gasteiger partial charge is 0.361 e. The monoisotopic (exact) mass is 290 g/mol. The van der Waals surface area contributed by atoms with Gasteiger partial charge in [0.1, 0.15) is 5.76 Å². The van der Waals surface area contributed by atoms with Gasteiger partial charge in [-0.15, -0.1) is 0 Å². The van der Waals surface area contributed by atoms with Crippen molar-refractivity contribution in [2.24, 2.45) is 0 Å². The quantitative estimate of drug-likeness (QED) is 0.861. The molecule has 0 unspecified atom stereocenters. The van der Waals surface area contributed by atoms with E-state index in [2.05, 4.69) is 10.5 Å². The number of carbonyl (C=O) groups is 1. The zero-order chi connectivity index (χ0) is 14.4. The van der Waals surface area contributed by atoms with Crippen molar-refractivity contribution in [2.75, 3.05) is 6.54 Å². The molecule has 2 aromatic rings. The predicted octanol–water partition coefficient (Wildman–Crippen LogP) is 3.01. The number of rotatable bonds is 5. The Labute approximate surface area is 122 Å². The van der Waals surface area contributed by atoms with E-state index >= 15 is 0 Å². The van der Waals surface area contributed by atoms with Gasteiger partial charge >= 0.3 is 0 Å². The predicted molar refractivity (Wildman–Crippen MR) is 78.4 cm³/mol. The number of hydrogen-bond acceptors (Lipinski definition) is 3. The molecule has 1 aromatic heterocycles. The first kappa shape index (κ1) is 14.3. The van der Waals surface area contributed by atoms with Gasteiger partial charge in [-0.3, -0.25) is 4.79 Å². The van der Waals surface area contributed by atoms with E-state index in [9.17, 15) is 4.79 Å². The molecule has 0 aliphatic heterocycles. The zero-order valence-electron chi connectivity index (χ0n) is 11.1. The van der Waals surface area contributed by atoms with Crippen LogP contribution in [0.5, 0.6) is 0 Å². The van der Waals surface area contributed by atoms with Gasteiger partial charge in [-0.2, -0.15) is 0 Å². The maximum absolute atomic E-state index is 11.6. The summed E-state index contributed by atoms with van der Waals surface area (Å²) in [5, 5.41) is 7.18. The van der Waals surface area contributed by atoms with Crippen LogP contribution in [0.2, 0.25) is 5.02 Å². The smallest absolute Gasteiger partial charge is 0.244 e. The second kappa shape index (κ2) is 6.91. The minimum Gasteiger partial charge on any atom is -0.361 e. The number of aryl methyl sites for hydroxylation is 1. The van der Waals surface area contributed by atoms with Gasteiger partial charge in [0.15, 0.2) is 0 Å².